The summed E-state index contributed by atoms with van der Waals surface area (Å²) >= 11 is 2.84. The van der Waals surface area contributed by atoms with E-state index in [-0.39, 0.29) is 91.9 Å². The van der Waals surface area contributed by atoms with Gasteiger partial charge in [-0.1, -0.05) is 181 Å². The van der Waals surface area contributed by atoms with Crippen LogP contribution >= 0.6 is 39.4 Å². The van der Waals surface area contributed by atoms with E-state index in [4.69, 9.17) is 5.73 Å². The number of Topliss-reactive ketones (excluding diaryl/α,β-unsaturated/α-hetero) is 2. The SMILES string of the molecule is CC1(C)S[C@@H]2[C@H](CC(=O)[C@H](N)c3ccccc3)C(=O)N2[C@H]1C(=O)O.CC1(C)S[C@@H]2[C@H](CC(=O)[C@H](NC(=O)c3cccc(-c4[c-]nn[nH]4)c3)c3ccccc3)C(=O)N2[C@H]1C(=O)O.CCN(CC)CC.CCP(CC)CC.CCP(CC)CC.O=C(Oc1c(F)c(F)c(F)c(F)c1F)c1cccc(-c2[c-]nn[nH]2)c1.[Au+].[Au+]. The van der Waals surface area contributed by atoms with Crippen LogP contribution in [0.15, 0.2) is 109 Å². The number of β-lactam (4-membered cyclic amide) rings is 2. The van der Waals surface area contributed by atoms with E-state index in [0.717, 1.165) is 0 Å². The Labute approximate surface area is 675 Å². The van der Waals surface area contributed by atoms with Gasteiger partial charge in [0.2, 0.25) is 46.6 Å². The van der Waals surface area contributed by atoms with Gasteiger partial charge in [0.1, 0.15) is 18.1 Å². The molecule has 4 aliphatic rings. The van der Waals surface area contributed by atoms with Crippen molar-refractivity contribution in [3.63, 3.8) is 0 Å². The van der Waals surface area contributed by atoms with Crippen molar-refractivity contribution in [2.24, 2.45) is 17.6 Å². The van der Waals surface area contributed by atoms with E-state index in [1.165, 1.54) is 108 Å². The minimum Gasteiger partial charge on any atom is -0.480 e. The predicted molar refractivity (Wildman–Crippen MR) is 407 cm³/mol. The number of nitrogens with one attached hydrogen (secondary N) is 3. The summed E-state index contributed by atoms with van der Waals surface area (Å²) in [5, 5.41) is 40.5. The Bertz CT molecular complexity index is 4070. The fourth-order valence-corrected chi connectivity index (χ4v) is 18.4. The third-order valence-electron chi connectivity index (χ3n) is 18.6. The number of fused-ring (bicyclic) bond motifs is 2. The Balaban J connectivity index is 0.000000308. The summed E-state index contributed by atoms with van der Waals surface area (Å²) in [6, 6.07) is 26.5. The molecule has 4 saturated heterocycles. The van der Waals surface area contributed by atoms with Crippen molar-refractivity contribution < 1.29 is 120 Å². The first-order valence-corrected chi connectivity index (χ1v) is 40.8. The number of nitrogens with zero attached hydrogens (tertiary/aromatic N) is 7. The van der Waals surface area contributed by atoms with Crippen LogP contribution < -0.4 is 15.8 Å². The number of nitrogens with two attached hydrogens (primary N) is 1. The van der Waals surface area contributed by atoms with Gasteiger partial charge in [0.05, 0.1) is 28.6 Å². The normalized spacial score (nSPS) is 18.5. The quantitative estimate of drug-likeness (QED) is 0.00356. The zero-order valence-electron chi connectivity index (χ0n) is 62.8. The van der Waals surface area contributed by atoms with Crippen LogP contribution in [0, 0.1) is 53.3 Å². The molecule has 8 atom stereocenters. The Morgan fingerprint density at radius 3 is 1.30 bits per heavy atom. The van der Waals surface area contributed by atoms with Crippen LogP contribution in [0.25, 0.3) is 22.5 Å². The number of ketones is 2. The van der Waals surface area contributed by atoms with E-state index in [1.807, 2.05) is 38.1 Å². The smallest absolute Gasteiger partial charge is 0.480 e. The molecular formula is C76H94Au2F5N11O11P2S2. The first kappa shape index (κ1) is 94.5. The number of hydrogen-bond acceptors (Lipinski definition) is 17. The number of aliphatic carboxylic acids is 2. The molecule has 0 aliphatic carbocycles. The first-order valence-electron chi connectivity index (χ1n) is 35.2. The van der Waals surface area contributed by atoms with E-state index in [9.17, 15) is 70.5 Å². The number of aromatic amines is 2. The van der Waals surface area contributed by atoms with E-state index in [0.29, 0.717) is 55.0 Å². The Kier molecular flexibility index (Phi) is 38.5. The van der Waals surface area contributed by atoms with Crippen molar-refractivity contribution in [2.45, 2.75) is 147 Å². The maximum atomic E-state index is 13.6. The number of carbonyl (C=O) groups excluding carboxylic acids is 6. The number of carboxylic acids is 2. The van der Waals surface area contributed by atoms with Crippen LogP contribution in [-0.4, -0.2) is 192 Å². The van der Waals surface area contributed by atoms with Gasteiger partial charge in [-0.15, -0.1) is 74.8 Å². The number of benzene rings is 5. The number of ether oxygens (including phenoxy) is 1. The number of H-pyrrole nitrogens is 2. The second kappa shape index (κ2) is 44.4. The Morgan fingerprint density at radius 2 is 0.945 bits per heavy atom. The van der Waals surface area contributed by atoms with Crippen molar-refractivity contribution in [2.75, 3.05) is 56.6 Å². The molecule has 0 spiro atoms. The van der Waals surface area contributed by atoms with Crippen LogP contribution in [0.5, 0.6) is 5.75 Å². The summed E-state index contributed by atoms with van der Waals surface area (Å²) in [6.45, 7) is 31.1. The van der Waals surface area contributed by atoms with Gasteiger partial charge < -0.3 is 40.7 Å². The molecule has 4 aliphatic heterocycles. The van der Waals surface area contributed by atoms with Gasteiger partial charge in [0, 0.05) is 33.5 Å². The molecule has 0 saturated carbocycles. The fourth-order valence-electron chi connectivity index (χ4n) is 12.4. The summed E-state index contributed by atoms with van der Waals surface area (Å²) in [4.78, 5) is 105. The number of esters is 1. The number of rotatable bonds is 25. The van der Waals surface area contributed by atoms with Crippen LogP contribution in [0.4, 0.5) is 22.0 Å². The number of hydrogen-bond donors (Lipinski definition) is 6. The molecule has 22 nitrogen and oxygen atoms in total. The molecule has 109 heavy (non-hydrogen) atoms. The molecule has 0 bridgehead atoms. The number of aromatic nitrogens is 6. The van der Waals surface area contributed by atoms with E-state index < -0.39 is 110 Å². The zero-order chi connectivity index (χ0) is 79.2. The Hall–Kier alpha value is -6.85. The predicted octanol–water partition coefficient (Wildman–Crippen LogP) is 13.5. The van der Waals surface area contributed by atoms with Gasteiger partial charge in [-0.3, -0.25) is 34.2 Å². The number of amides is 3. The van der Waals surface area contributed by atoms with Crippen molar-refractivity contribution in [3.8, 4) is 28.3 Å². The molecular weight excluding hydrogens is 1860 g/mol. The first-order chi connectivity index (χ1) is 50.8. The maximum Gasteiger partial charge on any atom is 1.00 e. The Morgan fingerprint density at radius 1 is 0.569 bits per heavy atom. The molecule has 5 aromatic carbocycles. The van der Waals surface area contributed by atoms with Crippen molar-refractivity contribution >= 4 is 86.6 Å². The van der Waals surface area contributed by atoms with Gasteiger partial charge in [-0.2, -0.15) is 8.78 Å². The molecule has 7 aromatic rings. The summed E-state index contributed by atoms with van der Waals surface area (Å²) in [7, 11) is 0.892. The number of carboxylic acid groups (broad SMARTS) is 2. The largest absolute Gasteiger partial charge is 1.00 e. The standard InChI is InChI=1S/C26H24N5O5S.C17H20N2O4S.C15H5F5N3O2.C6H15N.2C6H15P.2Au/c1-26(2)21(25(35)36)31-23(34)17(24(31)37-26)12-19(32)20(14-7-4-3-5-8-14)28-22(33)16-10-6-9-15(11-16)18-13-27-30-29-18;1-17(2)13(16(22)23)19-14(21)10(15(19)24-17)8-11(20)12(18)9-6-4-3-5-7-9;16-9-10(17)12(19)14(13(20)11(9)18)25-15(24)7-3-1-2-6(4-7)8-5-21-23-22-8;3*1-4-7(5-2)6-3;;/h3-11,17,20-21,24H,12H2,1-2H3,(H,28,33)(H,35,36)(H,27,29,30);3-7,10,12-13,15H,8,18H2,1-2H3,(H,22,23);1-4H,(H,21,22,23);3*4-6H2,1-3H3;;/q-1;;-1;;;;2*+1/t17-,20-,21+,24-;10-,12-,13+,15-;;;;;;/m11....../s1. The van der Waals surface area contributed by atoms with E-state index in [1.54, 1.807) is 80.6 Å². The van der Waals surface area contributed by atoms with Crippen LogP contribution in [0.3, 0.4) is 0 Å². The van der Waals surface area contributed by atoms with Crippen LogP contribution in [0.1, 0.15) is 147 Å². The molecule has 7 N–H and O–H groups in total. The van der Waals surface area contributed by atoms with Gasteiger partial charge in [-0.25, -0.2) is 37.8 Å². The zero-order valence-corrected chi connectivity index (χ0v) is 70.5. The molecule has 33 heteroatoms. The topological polar surface area (TPSA) is 317 Å². The summed E-state index contributed by atoms with van der Waals surface area (Å²) < 4.78 is 69.5. The van der Waals surface area contributed by atoms with Crippen molar-refractivity contribution in [1.82, 2.24) is 50.8 Å². The van der Waals surface area contributed by atoms with Crippen LogP contribution in [-0.2, 0) is 73.5 Å². The third-order valence-corrected chi connectivity index (χ3v) is 27.2. The molecule has 2 aromatic heterocycles. The fraction of sp³-hybridized carbons (Fsp3) is 0.447. The summed E-state index contributed by atoms with van der Waals surface area (Å²) in [5.41, 5.74) is 9.32. The summed E-state index contributed by atoms with van der Waals surface area (Å²) in [6.07, 6.45) is 13.6. The van der Waals surface area contributed by atoms with Gasteiger partial charge in [0.25, 0.3) is 5.91 Å². The molecule has 4 fully saturated rings. The van der Waals surface area contributed by atoms with Gasteiger partial charge in [-0.05, 0) is 95.4 Å². The third kappa shape index (κ3) is 24.1. The van der Waals surface area contributed by atoms with Crippen molar-refractivity contribution in [1.29, 1.82) is 0 Å². The van der Waals surface area contributed by atoms with Crippen LogP contribution in [0.2, 0.25) is 0 Å². The van der Waals surface area contributed by atoms with Crippen molar-refractivity contribution in [3.05, 3.63) is 173 Å². The number of carbonyl (C=O) groups is 8. The molecule has 0 unspecified atom stereocenters. The second-order valence-electron chi connectivity index (χ2n) is 25.9. The average Bonchev–Trinajstić information content (AvgIpc) is 1.56. The number of thioether (sulfide) groups is 2. The maximum absolute atomic E-state index is 13.6. The minimum absolute atomic E-state index is 0. The molecule has 6 heterocycles. The number of halogens is 5. The van der Waals surface area contributed by atoms with Gasteiger partial charge >= 0.3 is 62.7 Å². The minimum atomic E-state index is -2.35. The molecule has 0 radical (unpaired) electrons. The molecule has 598 valence electrons. The molecule has 11 rings (SSSR count). The van der Waals surface area contributed by atoms with E-state index in [2.05, 4.69) is 120 Å². The van der Waals surface area contributed by atoms with E-state index >= 15 is 0 Å². The monoisotopic (exact) mass is 1950 g/mol. The molecule has 3 amide bonds. The second-order valence-corrected chi connectivity index (χ2v) is 35.9. The summed E-state index contributed by atoms with van der Waals surface area (Å²) in [5.74, 6) is -19.0. The average molecular weight is 1950 g/mol. The van der Waals surface area contributed by atoms with Gasteiger partial charge in [0.15, 0.2) is 11.6 Å².